The number of ether oxygens (including phenoxy) is 4. The Hall–Kier alpha value is -3.77. The molecule has 12 nitrogen and oxygen atoms in total. The first-order valence-electron chi connectivity index (χ1n) is 13.2. The summed E-state index contributed by atoms with van der Waals surface area (Å²) in [4.78, 5) is 62.6. The van der Waals surface area contributed by atoms with Crippen LogP contribution in [0.3, 0.4) is 0 Å². The molecule has 1 saturated heterocycles. The summed E-state index contributed by atoms with van der Waals surface area (Å²) >= 11 is 0. The fourth-order valence-corrected chi connectivity index (χ4v) is 6.72. The van der Waals surface area contributed by atoms with Crippen molar-refractivity contribution in [3.63, 3.8) is 0 Å². The third kappa shape index (κ3) is 4.26. The quantitative estimate of drug-likeness (QED) is 0.239. The van der Waals surface area contributed by atoms with Gasteiger partial charge in [0, 0.05) is 18.0 Å². The summed E-state index contributed by atoms with van der Waals surface area (Å²) < 4.78 is 22.1. The average molecular weight is 558 g/mol. The Morgan fingerprint density at radius 1 is 1.23 bits per heavy atom. The molecule has 2 aliphatic carbocycles. The molecule has 0 aromatic heterocycles. The summed E-state index contributed by atoms with van der Waals surface area (Å²) in [6, 6.07) is 3.31. The number of likely N-dealkylation sites (tertiary alicyclic amines) is 1. The lowest BCUT2D eigenvalue weighted by molar-refractivity contribution is -0.178. The standard InChI is InChI=1S/C28H31NO11/c1-3-37-22(34)13-18(38-21(33)7-6-20(31)32)26(35)39-17-8-9-28(36)19-12-15-4-5-16(14-30)24-23(15)27(28,25(17)40-24)10-11-29(19)2/h4-5,8,14,18-19,25,36H,3,6-7,9-13H2,1-2H3,(H,31,32)/t18-,19+,25-,27-,28+/m0/s1. The van der Waals surface area contributed by atoms with Gasteiger partial charge < -0.3 is 34.1 Å². The number of nitrogens with zero attached hydrogens (tertiary/aromatic N) is 1. The van der Waals surface area contributed by atoms with Gasteiger partial charge in [0.2, 0.25) is 6.10 Å². The third-order valence-electron chi connectivity index (χ3n) is 8.49. The molecule has 1 aromatic rings. The lowest BCUT2D eigenvalue weighted by atomic mass is 9.50. The molecule has 40 heavy (non-hydrogen) atoms. The lowest BCUT2D eigenvalue weighted by Gasteiger charge is -2.61. The van der Waals surface area contributed by atoms with E-state index < -0.39 is 66.4 Å². The fraction of sp³-hybridized carbons (Fsp3) is 0.536. The molecule has 5 rings (SSSR count). The monoisotopic (exact) mass is 557 g/mol. The van der Waals surface area contributed by atoms with Crippen LogP contribution in [0.15, 0.2) is 24.0 Å². The minimum atomic E-state index is -1.69. The number of rotatable bonds is 10. The van der Waals surface area contributed by atoms with Crippen molar-refractivity contribution < 1.29 is 53.1 Å². The molecule has 2 heterocycles. The molecule has 12 heteroatoms. The van der Waals surface area contributed by atoms with Crippen molar-refractivity contribution >= 4 is 30.2 Å². The van der Waals surface area contributed by atoms with Crippen LogP contribution in [0.2, 0.25) is 0 Å². The molecule has 1 aromatic carbocycles. The lowest BCUT2D eigenvalue weighted by Crippen LogP contribution is -2.74. The molecule has 2 aliphatic heterocycles. The first kappa shape index (κ1) is 27.8. The number of aliphatic carboxylic acids is 1. The number of piperidine rings is 1. The first-order valence-corrected chi connectivity index (χ1v) is 13.2. The van der Waals surface area contributed by atoms with E-state index in [2.05, 4.69) is 4.90 Å². The van der Waals surface area contributed by atoms with Gasteiger partial charge in [-0.15, -0.1) is 0 Å². The van der Waals surface area contributed by atoms with E-state index in [-0.39, 0.29) is 24.8 Å². The second-order valence-corrected chi connectivity index (χ2v) is 10.6. The van der Waals surface area contributed by atoms with Crippen LogP contribution in [0.5, 0.6) is 5.75 Å². The molecule has 1 fully saturated rings. The molecule has 2 bridgehead atoms. The molecule has 2 N–H and O–H groups in total. The van der Waals surface area contributed by atoms with Crippen molar-refractivity contribution in [2.24, 2.45) is 0 Å². The normalized spacial score (nSPS) is 28.3. The number of carboxylic acid groups (broad SMARTS) is 1. The van der Waals surface area contributed by atoms with Gasteiger partial charge in [-0.25, -0.2) is 4.79 Å². The number of aliphatic hydroxyl groups is 1. The summed E-state index contributed by atoms with van der Waals surface area (Å²) in [6.07, 6.45) is -0.887. The Balaban J connectivity index is 1.47. The minimum Gasteiger partial charge on any atom is -0.481 e. The number of carboxylic acids is 1. The van der Waals surface area contributed by atoms with Crippen LogP contribution in [0, 0.1) is 0 Å². The molecule has 0 saturated carbocycles. The van der Waals surface area contributed by atoms with E-state index in [9.17, 15) is 29.1 Å². The van der Waals surface area contributed by atoms with Crippen molar-refractivity contribution in [2.75, 3.05) is 20.2 Å². The van der Waals surface area contributed by atoms with Crippen molar-refractivity contribution in [1.29, 1.82) is 0 Å². The largest absolute Gasteiger partial charge is 0.481 e. The van der Waals surface area contributed by atoms with Gasteiger partial charge in [0.15, 0.2) is 12.4 Å². The number of aldehydes is 1. The smallest absolute Gasteiger partial charge is 0.353 e. The Morgan fingerprint density at radius 2 is 2.00 bits per heavy atom. The van der Waals surface area contributed by atoms with Gasteiger partial charge in [0.05, 0.1) is 42.4 Å². The van der Waals surface area contributed by atoms with E-state index >= 15 is 0 Å². The van der Waals surface area contributed by atoms with E-state index in [1.165, 1.54) is 0 Å². The molecule has 0 unspecified atom stereocenters. The molecule has 4 aliphatic rings. The van der Waals surface area contributed by atoms with Gasteiger partial charge in [-0.05, 0) is 51.1 Å². The van der Waals surface area contributed by atoms with Crippen LogP contribution in [-0.4, -0.2) is 89.3 Å². The number of carbonyl (C=O) groups excluding carboxylic acids is 4. The zero-order valence-corrected chi connectivity index (χ0v) is 22.2. The van der Waals surface area contributed by atoms with E-state index in [1.807, 2.05) is 13.1 Å². The van der Waals surface area contributed by atoms with Gasteiger partial charge in [0.1, 0.15) is 11.5 Å². The van der Waals surface area contributed by atoms with E-state index in [0.29, 0.717) is 37.0 Å². The SMILES string of the molecule is CCOC(=O)C[C@H](OC(=O)CCC(=O)O)C(=O)OC1=CC[C@@]2(O)[C@H]3Cc4ccc(C=O)c5c4[C@@]2(CCN3C)[C@H]1O5. The number of likely N-dealkylation sites (N-methyl/N-ethyl adjacent to an activating group) is 1. The fourth-order valence-electron chi connectivity index (χ4n) is 6.72. The highest BCUT2D eigenvalue weighted by molar-refractivity contribution is 5.86. The summed E-state index contributed by atoms with van der Waals surface area (Å²) in [5.74, 6) is -3.66. The van der Waals surface area contributed by atoms with Crippen molar-refractivity contribution in [1.82, 2.24) is 4.90 Å². The molecular weight excluding hydrogens is 526 g/mol. The summed E-state index contributed by atoms with van der Waals surface area (Å²) in [5.41, 5.74) is -0.247. The average Bonchev–Trinajstić information content (AvgIpc) is 3.26. The van der Waals surface area contributed by atoms with Gasteiger partial charge >= 0.3 is 23.9 Å². The van der Waals surface area contributed by atoms with Crippen LogP contribution < -0.4 is 4.74 Å². The Kier molecular flexibility index (Phi) is 7.17. The Morgan fingerprint density at radius 3 is 2.70 bits per heavy atom. The maximum atomic E-state index is 13.3. The van der Waals surface area contributed by atoms with Crippen molar-refractivity contribution in [3.05, 3.63) is 40.7 Å². The van der Waals surface area contributed by atoms with Crippen LogP contribution in [0.25, 0.3) is 0 Å². The summed E-state index contributed by atoms with van der Waals surface area (Å²) in [6.45, 7) is 2.24. The number of esters is 3. The number of hydrogen-bond acceptors (Lipinski definition) is 11. The van der Waals surface area contributed by atoms with Crippen molar-refractivity contribution in [3.8, 4) is 5.75 Å². The predicted octanol–water partition coefficient (Wildman–Crippen LogP) is 1.05. The van der Waals surface area contributed by atoms with Gasteiger partial charge in [-0.2, -0.15) is 0 Å². The second-order valence-electron chi connectivity index (χ2n) is 10.6. The first-order chi connectivity index (χ1) is 19.0. The summed E-state index contributed by atoms with van der Waals surface area (Å²) in [5, 5.41) is 21.1. The van der Waals surface area contributed by atoms with Gasteiger partial charge in [0.25, 0.3) is 0 Å². The molecule has 0 amide bonds. The van der Waals surface area contributed by atoms with Crippen LogP contribution in [0.4, 0.5) is 0 Å². The molecule has 0 radical (unpaired) electrons. The Labute approximate surface area is 229 Å². The third-order valence-corrected chi connectivity index (χ3v) is 8.49. The van der Waals surface area contributed by atoms with E-state index in [4.69, 9.17) is 24.1 Å². The number of hydrogen-bond donors (Lipinski definition) is 2. The van der Waals surface area contributed by atoms with Crippen LogP contribution in [-0.2, 0) is 45.2 Å². The van der Waals surface area contributed by atoms with E-state index in [1.54, 1.807) is 19.1 Å². The molecular formula is C28H31NO11. The molecule has 1 spiro atoms. The highest BCUT2D eigenvalue weighted by Crippen LogP contribution is 2.64. The minimum absolute atomic E-state index is 0.0327. The van der Waals surface area contributed by atoms with Crippen molar-refractivity contribution in [2.45, 2.75) is 74.7 Å². The topological polar surface area (TPSA) is 166 Å². The summed E-state index contributed by atoms with van der Waals surface area (Å²) in [7, 11) is 1.95. The zero-order chi connectivity index (χ0) is 28.8. The van der Waals surface area contributed by atoms with Gasteiger partial charge in [-0.3, -0.25) is 19.2 Å². The maximum Gasteiger partial charge on any atom is 0.353 e. The second kappa shape index (κ2) is 10.3. The highest BCUT2D eigenvalue weighted by atomic mass is 16.6. The maximum absolute atomic E-state index is 13.3. The number of benzene rings is 1. The van der Waals surface area contributed by atoms with Crippen LogP contribution >= 0.6 is 0 Å². The van der Waals surface area contributed by atoms with Crippen LogP contribution in [0.1, 0.15) is 60.5 Å². The zero-order valence-electron chi connectivity index (χ0n) is 22.2. The number of carbonyl (C=O) groups is 5. The molecule has 5 atom stereocenters. The Bertz CT molecular complexity index is 1310. The predicted molar refractivity (Wildman–Crippen MR) is 134 cm³/mol. The molecule has 214 valence electrons. The van der Waals surface area contributed by atoms with Gasteiger partial charge in [-0.1, -0.05) is 6.07 Å². The van der Waals surface area contributed by atoms with E-state index in [0.717, 1.165) is 11.1 Å². The highest BCUT2D eigenvalue weighted by Gasteiger charge is 2.72.